The number of carbonyl (C=O) groups excluding carboxylic acids is 1. The van der Waals surface area contributed by atoms with Crippen LogP contribution in [0.1, 0.15) is 27.2 Å². The number of aromatic nitrogens is 2. The van der Waals surface area contributed by atoms with E-state index in [1.807, 2.05) is 11.4 Å². The van der Waals surface area contributed by atoms with Crippen LogP contribution in [0.4, 0.5) is 26.3 Å². The maximum Gasteiger partial charge on any atom is 0.423 e. The fourth-order valence-corrected chi connectivity index (χ4v) is 2.86. The summed E-state index contributed by atoms with van der Waals surface area (Å²) in [5.41, 5.74) is -5.79. The number of carbonyl (C=O) groups is 1. The van der Waals surface area contributed by atoms with Crippen molar-refractivity contribution >= 4 is 5.91 Å². The van der Waals surface area contributed by atoms with Gasteiger partial charge >= 0.3 is 12.4 Å². The van der Waals surface area contributed by atoms with Gasteiger partial charge in [-0.25, -0.2) is 9.97 Å². The third-order valence-electron chi connectivity index (χ3n) is 4.73. The van der Waals surface area contributed by atoms with Gasteiger partial charge in [0, 0.05) is 0 Å². The van der Waals surface area contributed by atoms with Crippen LogP contribution in [0.3, 0.4) is 0 Å². The molecule has 1 amide bonds. The lowest BCUT2D eigenvalue weighted by atomic mass is 9.91. The molecule has 180 valence electrons. The average Bonchev–Trinajstić information content (AvgIpc) is 2.81. The Labute approximate surface area is 189 Å². The minimum absolute atomic E-state index is 0.0520. The van der Waals surface area contributed by atoms with Crippen LogP contribution < -0.4 is 10.1 Å². The quantitative estimate of drug-likeness (QED) is 0.489. The zero-order valence-electron chi connectivity index (χ0n) is 17.2. The molecule has 1 heterocycles. The molecule has 34 heavy (non-hydrogen) atoms. The fourth-order valence-electron chi connectivity index (χ4n) is 2.86. The highest BCUT2D eigenvalue weighted by molar-refractivity contribution is 5.92. The Bertz CT molecular complexity index is 1120. The van der Waals surface area contributed by atoms with E-state index in [0.717, 1.165) is 24.0 Å². The molecule has 0 aliphatic rings. The second-order valence-corrected chi connectivity index (χ2v) is 7.13. The summed E-state index contributed by atoms with van der Waals surface area (Å²) in [5.74, 6) is -1.08. The van der Waals surface area contributed by atoms with E-state index in [1.54, 1.807) is 24.3 Å². The first-order chi connectivity index (χ1) is 15.9. The Kier molecular flexibility index (Phi) is 7.10. The Morgan fingerprint density at radius 3 is 2.18 bits per heavy atom. The van der Waals surface area contributed by atoms with E-state index in [9.17, 15) is 36.2 Å². The number of alkyl halides is 6. The molecule has 0 radical (unpaired) electrons. The van der Waals surface area contributed by atoms with Crippen LogP contribution in [0.2, 0.25) is 0 Å². The van der Waals surface area contributed by atoms with Gasteiger partial charge < -0.3 is 15.2 Å². The lowest BCUT2D eigenvalue weighted by Gasteiger charge is -2.31. The molecule has 1 unspecified atom stereocenters. The summed E-state index contributed by atoms with van der Waals surface area (Å²) < 4.78 is 85.0. The first-order valence-electron chi connectivity index (χ1n) is 9.64. The molecular formula is C22H17F6N3O3. The monoisotopic (exact) mass is 485 g/mol. The van der Waals surface area contributed by atoms with Crippen molar-refractivity contribution in [3.63, 3.8) is 0 Å². The molecule has 0 fully saturated rings. The standard InChI is InChI=1S/C22H17F6N3O3/c23-21(24,25)16-8-4-7-15(9-16)20(33,22(26,27)28)13-31-19(32)17-10-30-18(11-29-17)34-12-14-5-2-1-3-6-14/h1-11,33H,12-13H2,(H,31,32). The van der Waals surface area contributed by atoms with Crippen molar-refractivity contribution in [1.29, 1.82) is 0 Å². The number of halogens is 6. The normalized spacial score (nSPS) is 13.7. The molecule has 2 N–H and O–H groups in total. The van der Waals surface area contributed by atoms with Gasteiger partial charge in [0.2, 0.25) is 11.5 Å². The predicted octanol–water partition coefficient (Wildman–Crippen LogP) is 4.25. The Morgan fingerprint density at radius 2 is 1.59 bits per heavy atom. The molecule has 0 bridgehead atoms. The van der Waals surface area contributed by atoms with E-state index in [-0.39, 0.29) is 24.2 Å². The lowest BCUT2D eigenvalue weighted by Crippen LogP contribution is -2.51. The van der Waals surface area contributed by atoms with Crippen LogP contribution in [0.5, 0.6) is 5.88 Å². The second kappa shape index (κ2) is 9.67. The van der Waals surface area contributed by atoms with Gasteiger partial charge in [-0.2, -0.15) is 26.3 Å². The molecular weight excluding hydrogens is 468 g/mol. The predicted molar refractivity (Wildman–Crippen MR) is 107 cm³/mol. The number of ether oxygens (including phenoxy) is 1. The van der Waals surface area contributed by atoms with Gasteiger partial charge in [-0.05, 0) is 23.3 Å². The van der Waals surface area contributed by atoms with Gasteiger partial charge in [0.1, 0.15) is 12.3 Å². The molecule has 1 aromatic heterocycles. The summed E-state index contributed by atoms with van der Waals surface area (Å²) in [5, 5.41) is 12.1. The van der Waals surface area contributed by atoms with Crippen LogP contribution in [0.15, 0.2) is 67.0 Å². The smallest absolute Gasteiger partial charge is 0.423 e. The third-order valence-corrected chi connectivity index (χ3v) is 4.73. The van der Waals surface area contributed by atoms with E-state index in [1.165, 1.54) is 0 Å². The summed E-state index contributed by atoms with van der Waals surface area (Å²) in [4.78, 5) is 19.9. The maximum atomic E-state index is 13.6. The van der Waals surface area contributed by atoms with E-state index >= 15 is 0 Å². The number of nitrogens with zero attached hydrogens (tertiary/aromatic N) is 2. The number of hydrogen-bond acceptors (Lipinski definition) is 5. The van der Waals surface area contributed by atoms with E-state index in [4.69, 9.17) is 4.74 Å². The molecule has 1 atom stereocenters. The molecule has 0 saturated carbocycles. The Hall–Kier alpha value is -3.67. The molecule has 6 nitrogen and oxygen atoms in total. The number of nitrogens with one attached hydrogen (secondary N) is 1. The highest BCUT2D eigenvalue weighted by atomic mass is 19.4. The molecule has 3 rings (SSSR count). The molecule has 0 saturated heterocycles. The van der Waals surface area contributed by atoms with Crippen molar-refractivity contribution in [2.24, 2.45) is 0 Å². The molecule has 0 aliphatic heterocycles. The maximum absolute atomic E-state index is 13.6. The molecule has 3 aromatic rings. The van der Waals surface area contributed by atoms with Crippen LogP contribution in [-0.4, -0.2) is 33.7 Å². The zero-order chi connectivity index (χ0) is 25.0. The molecule has 2 aromatic carbocycles. The number of hydrogen-bond donors (Lipinski definition) is 2. The summed E-state index contributed by atoms with van der Waals surface area (Å²) in [6.45, 7) is -1.29. The number of amides is 1. The summed E-state index contributed by atoms with van der Waals surface area (Å²) >= 11 is 0. The Morgan fingerprint density at radius 1 is 0.912 bits per heavy atom. The van der Waals surface area contributed by atoms with Gasteiger partial charge in [0.15, 0.2) is 0 Å². The molecule has 0 spiro atoms. The van der Waals surface area contributed by atoms with Crippen molar-refractivity contribution in [2.45, 2.75) is 24.6 Å². The summed E-state index contributed by atoms with van der Waals surface area (Å²) in [6.07, 6.45) is -8.29. The summed E-state index contributed by atoms with van der Waals surface area (Å²) in [7, 11) is 0. The van der Waals surface area contributed by atoms with Crippen molar-refractivity contribution in [3.8, 4) is 5.88 Å². The lowest BCUT2D eigenvalue weighted by molar-refractivity contribution is -0.263. The van der Waals surface area contributed by atoms with Gasteiger partial charge in [-0.1, -0.05) is 42.5 Å². The van der Waals surface area contributed by atoms with E-state index < -0.39 is 41.5 Å². The first kappa shape index (κ1) is 25.0. The average molecular weight is 485 g/mol. The van der Waals surface area contributed by atoms with Crippen molar-refractivity contribution < 1.29 is 41.0 Å². The zero-order valence-corrected chi connectivity index (χ0v) is 17.2. The van der Waals surface area contributed by atoms with Crippen molar-refractivity contribution in [3.05, 3.63) is 89.4 Å². The molecule has 12 heteroatoms. The topological polar surface area (TPSA) is 84.3 Å². The minimum Gasteiger partial charge on any atom is -0.472 e. The van der Waals surface area contributed by atoms with Gasteiger partial charge in [0.25, 0.3) is 5.91 Å². The van der Waals surface area contributed by atoms with Crippen LogP contribution >= 0.6 is 0 Å². The molecule has 0 aliphatic carbocycles. The highest BCUT2D eigenvalue weighted by Gasteiger charge is 2.55. The van der Waals surface area contributed by atoms with Gasteiger partial charge in [-0.15, -0.1) is 0 Å². The van der Waals surface area contributed by atoms with Crippen molar-refractivity contribution in [2.75, 3.05) is 6.54 Å². The van der Waals surface area contributed by atoms with E-state index in [2.05, 4.69) is 9.97 Å². The number of aliphatic hydroxyl groups is 1. The van der Waals surface area contributed by atoms with E-state index in [0.29, 0.717) is 12.1 Å². The van der Waals surface area contributed by atoms with Crippen molar-refractivity contribution in [1.82, 2.24) is 15.3 Å². The van der Waals surface area contributed by atoms with Crippen LogP contribution in [-0.2, 0) is 18.4 Å². The first-order valence-corrected chi connectivity index (χ1v) is 9.64. The second-order valence-electron chi connectivity index (χ2n) is 7.13. The summed E-state index contributed by atoms with van der Waals surface area (Å²) in [6, 6.07) is 11.2. The highest BCUT2D eigenvalue weighted by Crippen LogP contribution is 2.40. The largest absolute Gasteiger partial charge is 0.472 e. The van der Waals surface area contributed by atoms with Gasteiger partial charge in [0.05, 0.1) is 24.5 Å². The third kappa shape index (κ3) is 5.81. The minimum atomic E-state index is -5.40. The Balaban J connectivity index is 1.70. The van der Waals surface area contributed by atoms with Crippen LogP contribution in [0, 0.1) is 0 Å². The van der Waals surface area contributed by atoms with Gasteiger partial charge in [-0.3, -0.25) is 4.79 Å². The fraction of sp³-hybridized carbons (Fsp3) is 0.227. The van der Waals surface area contributed by atoms with Crippen LogP contribution in [0.25, 0.3) is 0 Å². The SMILES string of the molecule is O=C(NCC(O)(c1cccc(C(F)(F)F)c1)C(F)(F)F)c1cnc(OCc2ccccc2)cn1. The number of rotatable bonds is 7. The number of benzene rings is 2.